The van der Waals surface area contributed by atoms with Crippen molar-refractivity contribution in [3.63, 3.8) is 0 Å². The fourth-order valence-electron chi connectivity index (χ4n) is 4.65. The molecular formula is C33H26N8O4. The van der Waals surface area contributed by atoms with Crippen LogP contribution in [0.3, 0.4) is 0 Å². The monoisotopic (exact) mass is 598 g/mol. The number of nitrogens with two attached hydrogens (primary N) is 2. The first kappa shape index (κ1) is 29.8. The summed E-state index contributed by atoms with van der Waals surface area (Å²) in [6.07, 6.45) is 3.90. The summed E-state index contributed by atoms with van der Waals surface area (Å²) in [5, 5.41) is 16.6. The molecule has 45 heavy (non-hydrogen) atoms. The molecule has 0 aliphatic heterocycles. The number of amides is 2. The lowest BCUT2D eigenvalue weighted by atomic mass is 10.0. The Morgan fingerprint density at radius 2 is 1.87 bits per heavy atom. The highest BCUT2D eigenvalue weighted by molar-refractivity contribution is 6.03. The number of nitriles is 1. The number of nitrogens with zero attached hydrogens (tertiary/aromatic N) is 5. The number of nitrogen functional groups attached to an aromatic ring is 1. The van der Waals surface area contributed by atoms with Crippen LogP contribution in [-0.2, 0) is 6.42 Å². The summed E-state index contributed by atoms with van der Waals surface area (Å²) in [5.41, 5.74) is 13.3. The van der Waals surface area contributed by atoms with Crippen molar-refractivity contribution in [3.05, 3.63) is 124 Å². The van der Waals surface area contributed by atoms with Gasteiger partial charge in [-0.1, -0.05) is 49.1 Å². The van der Waals surface area contributed by atoms with Crippen LogP contribution in [0.5, 0.6) is 0 Å². The van der Waals surface area contributed by atoms with E-state index in [2.05, 4.69) is 27.2 Å². The minimum atomic E-state index is -0.619. The Hall–Kier alpha value is -6.66. The average Bonchev–Trinajstić information content (AvgIpc) is 3.67. The van der Waals surface area contributed by atoms with E-state index in [4.69, 9.17) is 21.1 Å². The van der Waals surface area contributed by atoms with Crippen LogP contribution in [-0.4, -0.2) is 37.5 Å². The molecule has 2 aromatic carbocycles. The number of aromatic nitrogens is 4. The van der Waals surface area contributed by atoms with Gasteiger partial charge in [-0.05, 0) is 54.3 Å². The maximum Gasteiger partial charge on any atom is 0.287 e. The van der Waals surface area contributed by atoms with Gasteiger partial charge in [0, 0.05) is 29.3 Å². The number of aryl methyl sites for hydroxylation is 1. The zero-order valence-corrected chi connectivity index (χ0v) is 24.0. The molecule has 0 saturated carbocycles. The van der Waals surface area contributed by atoms with Crippen molar-refractivity contribution in [2.45, 2.75) is 13.3 Å². The predicted molar refractivity (Wildman–Crippen MR) is 167 cm³/mol. The SMILES string of the molecule is CCc1cc2cccc(C#CCNC(=O)c3ccc(C#N)o3)c2c(=O)n1-c1ccccc1.NC(=O)c1c(N)nn2cccnc12. The summed E-state index contributed by atoms with van der Waals surface area (Å²) >= 11 is 0. The molecule has 4 heterocycles. The van der Waals surface area contributed by atoms with Gasteiger partial charge in [-0.2, -0.15) is 5.26 Å². The summed E-state index contributed by atoms with van der Waals surface area (Å²) in [6, 6.07) is 23.5. The Balaban J connectivity index is 0.000000256. The normalized spacial score (nSPS) is 10.3. The van der Waals surface area contributed by atoms with E-state index >= 15 is 0 Å². The molecule has 5 N–H and O–H groups in total. The number of hydrogen-bond acceptors (Lipinski definition) is 8. The van der Waals surface area contributed by atoms with E-state index < -0.39 is 11.8 Å². The third-order valence-corrected chi connectivity index (χ3v) is 6.67. The van der Waals surface area contributed by atoms with E-state index in [0.717, 1.165) is 16.8 Å². The summed E-state index contributed by atoms with van der Waals surface area (Å²) in [7, 11) is 0. The van der Waals surface area contributed by atoms with E-state index in [0.29, 0.717) is 23.0 Å². The summed E-state index contributed by atoms with van der Waals surface area (Å²) < 4.78 is 8.23. The zero-order valence-electron chi connectivity index (χ0n) is 24.0. The number of para-hydroxylation sites is 1. The van der Waals surface area contributed by atoms with E-state index in [9.17, 15) is 14.4 Å². The molecule has 6 aromatic rings. The van der Waals surface area contributed by atoms with Gasteiger partial charge in [0.1, 0.15) is 11.6 Å². The largest absolute Gasteiger partial charge is 0.440 e. The highest BCUT2D eigenvalue weighted by atomic mass is 16.3. The Morgan fingerprint density at radius 3 is 2.58 bits per heavy atom. The van der Waals surface area contributed by atoms with E-state index in [1.54, 1.807) is 29.1 Å². The highest BCUT2D eigenvalue weighted by Gasteiger charge is 2.16. The van der Waals surface area contributed by atoms with Gasteiger partial charge in [0.15, 0.2) is 17.2 Å². The summed E-state index contributed by atoms with van der Waals surface area (Å²) in [5.74, 6) is 5.04. The number of furan rings is 1. The molecule has 0 aliphatic carbocycles. The van der Waals surface area contributed by atoms with Gasteiger partial charge >= 0.3 is 0 Å². The van der Waals surface area contributed by atoms with Gasteiger partial charge in [-0.25, -0.2) is 9.50 Å². The zero-order chi connectivity index (χ0) is 31.9. The molecule has 0 radical (unpaired) electrons. The van der Waals surface area contributed by atoms with Gasteiger partial charge < -0.3 is 21.2 Å². The van der Waals surface area contributed by atoms with Crippen molar-refractivity contribution in [1.29, 1.82) is 5.26 Å². The molecule has 0 fully saturated rings. The van der Waals surface area contributed by atoms with Crippen LogP contribution >= 0.6 is 0 Å². The van der Waals surface area contributed by atoms with Crippen LogP contribution < -0.4 is 22.3 Å². The highest BCUT2D eigenvalue weighted by Crippen LogP contribution is 2.19. The Morgan fingerprint density at radius 1 is 1.07 bits per heavy atom. The second-order valence-electron chi connectivity index (χ2n) is 9.51. The number of fused-ring (bicyclic) bond motifs is 2. The van der Waals surface area contributed by atoms with E-state index in [-0.39, 0.29) is 35.0 Å². The molecule has 0 bridgehead atoms. The lowest BCUT2D eigenvalue weighted by Crippen LogP contribution is -2.23. The van der Waals surface area contributed by atoms with Crippen molar-refractivity contribution in [3.8, 4) is 23.6 Å². The maximum absolute atomic E-state index is 13.5. The number of carbonyl (C=O) groups excluding carboxylic acids is 2. The van der Waals surface area contributed by atoms with Gasteiger partial charge in [-0.15, -0.1) is 5.10 Å². The van der Waals surface area contributed by atoms with Crippen LogP contribution in [0.25, 0.3) is 22.1 Å². The number of anilines is 1. The first-order valence-corrected chi connectivity index (χ1v) is 13.7. The first-order valence-electron chi connectivity index (χ1n) is 13.7. The molecule has 12 nitrogen and oxygen atoms in total. The number of benzene rings is 2. The third kappa shape index (κ3) is 6.26. The smallest absolute Gasteiger partial charge is 0.287 e. The summed E-state index contributed by atoms with van der Waals surface area (Å²) in [4.78, 5) is 40.4. The minimum absolute atomic E-state index is 0.0475. The summed E-state index contributed by atoms with van der Waals surface area (Å²) in [6.45, 7) is 2.09. The molecule has 0 atom stereocenters. The molecule has 2 amide bonds. The van der Waals surface area contributed by atoms with Crippen LogP contribution in [0, 0.1) is 23.2 Å². The number of nitrogens with one attached hydrogen (secondary N) is 1. The van der Waals surface area contributed by atoms with Crippen molar-refractivity contribution >= 4 is 34.1 Å². The maximum atomic E-state index is 13.5. The number of primary amides is 1. The molecule has 0 unspecified atom stereocenters. The fraction of sp³-hybridized carbons (Fsp3) is 0.0909. The second-order valence-corrected chi connectivity index (χ2v) is 9.51. The minimum Gasteiger partial charge on any atom is -0.440 e. The van der Waals surface area contributed by atoms with Crippen molar-refractivity contribution in [2.75, 3.05) is 12.3 Å². The standard InChI is InChI=1S/C26H19N3O3.C7H7N5O/c1-2-20-16-19-9-6-8-18(24(19)26(31)29(20)21-11-4-3-5-12-21)10-7-15-28-25(30)23-14-13-22(17-27)32-23;8-5-4(6(9)13)7-10-2-1-3-12(7)11-5/h3-6,8-9,11-14,16H,2,15H2,1H3,(H,28,30);1-3H,(H2,8,11)(H2,9,13). The van der Waals surface area contributed by atoms with Crippen LogP contribution in [0.1, 0.15) is 44.9 Å². The van der Waals surface area contributed by atoms with Gasteiger partial charge in [0.05, 0.1) is 11.9 Å². The van der Waals surface area contributed by atoms with Crippen molar-refractivity contribution in [1.82, 2.24) is 24.5 Å². The van der Waals surface area contributed by atoms with Gasteiger partial charge in [0.25, 0.3) is 17.4 Å². The predicted octanol–water partition coefficient (Wildman–Crippen LogP) is 3.21. The molecule has 0 aliphatic rings. The number of hydrogen-bond donors (Lipinski definition) is 3. The third-order valence-electron chi connectivity index (χ3n) is 6.67. The van der Waals surface area contributed by atoms with E-state index in [1.807, 2.05) is 61.5 Å². The van der Waals surface area contributed by atoms with Crippen LogP contribution in [0.4, 0.5) is 5.82 Å². The molecule has 222 valence electrons. The number of pyridine rings is 1. The van der Waals surface area contributed by atoms with Crippen LogP contribution in [0.2, 0.25) is 0 Å². The molecule has 0 spiro atoms. The molecule has 4 aromatic heterocycles. The van der Waals surface area contributed by atoms with Crippen molar-refractivity contribution < 1.29 is 14.0 Å². The average molecular weight is 599 g/mol. The molecule has 12 heteroatoms. The lowest BCUT2D eigenvalue weighted by molar-refractivity contribution is 0.0929. The van der Waals surface area contributed by atoms with Gasteiger partial charge in [0.2, 0.25) is 5.76 Å². The fourth-order valence-corrected chi connectivity index (χ4v) is 4.65. The lowest BCUT2D eigenvalue weighted by Gasteiger charge is -2.14. The number of rotatable bonds is 5. The molecule has 0 saturated heterocycles. The first-order chi connectivity index (χ1) is 21.8. The Kier molecular flexibility index (Phi) is 8.68. The second kappa shape index (κ2) is 13.1. The topological polar surface area (TPSA) is 187 Å². The quantitative estimate of drug-likeness (QED) is 0.252. The Labute approximate surface area is 256 Å². The molecular weight excluding hydrogens is 572 g/mol. The van der Waals surface area contributed by atoms with Gasteiger partial charge in [-0.3, -0.25) is 19.0 Å². The molecule has 6 rings (SSSR count). The van der Waals surface area contributed by atoms with E-state index in [1.165, 1.54) is 16.6 Å². The Bertz CT molecular complexity index is 2210. The van der Waals surface area contributed by atoms with Crippen molar-refractivity contribution in [2.24, 2.45) is 5.73 Å². The number of carbonyl (C=O) groups is 2. The van der Waals surface area contributed by atoms with Crippen LogP contribution in [0.15, 0.2) is 94.4 Å².